The maximum atomic E-state index is 8.65. The summed E-state index contributed by atoms with van der Waals surface area (Å²) in [7, 11) is 1.73. The predicted molar refractivity (Wildman–Crippen MR) is 70.4 cm³/mol. The Bertz CT molecular complexity index is 451. The minimum atomic E-state index is 0.0469. The Morgan fingerprint density at radius 2 is 2.26 bits per heavy atom. The number of aromatic nitrogens is 1. The number of rotatable bonds is 4. The van der Waals surface area contributed by atoms with E-state index in [2.05, 4.69) is 10.1 Å². The average Bonchev–Trinajstić information content (AvgIpc) is 2.47. The van der Waals surface area contributed by atoms with Crippen LogP contribution in [0.15, 0.2) is 23.5 Å². The van der Waals surface area contributed by atoms with Gasteiger partial charge in [0.25, 0.3) is 0 Å². The summed E-state index contributed by atoms with van der Waals surface area (Å²) >= 11 is 0. The first-order valence-electron chi connectivity index (χ1n) is 6.36. The van der Waals surface area contributed by atoms with Crippen LogP contribution in [0.25, 0.3) is 0 Å². The van der Waals surface area contributed by atoms with Crippen LogP contribution in [0.4, 0.5) is 0 Å². The standard InChI is InChI=1S/C13H19N3O3/c1-18-10-3-2-4-11(8-10)19-12-7-9(5-6-15-12)13(14)16-17/h5-7,10-11,17H,2-4,8H2,1H3,(H2,14,16). The molecule has 0 amide bonds. The molecule has 0 aromatic carbocycles. The first-order valence-corrected chi connectivity index (χ1v) is 6.36. The van der Waals surface area contributed by atoms with Gasteiger partial charge < -0.3 is 20.4 Å². The van der Waals surface area contributed by atoms with Gasteiger partial charge in [-0.1, -0.05) is 5.16 Å². The third-order valence-electron chi connectivity index (χ3n) is 3.34. The molecule has 0 bridgehead atoms. The molecule has 0 aliphatic heterocycles. The van der Waals surface area contributed by atoms with Gasteiger partial charge in [-0.05, 0) is 25.3 Å². The lowest BCUT2D eigenvalue weighted by Crippen LogP contribution is -2.29. The molecule has 2 unspecified atom stereocenters. The summed E-state index contributed by atoms with van der Waals surface area (Å²) in [6.07, 6.45) is 5.97. The molecule has 2 atom stereocenters. The highest BCUT2D eigenvalue weighted by atomic mass is 16.5. The Hall–Kier alpha value is -1.82. The Labute approximate surface area is 112 Å². The van der Waals surface area contributed by atoms with E-state index >= 15 is 0 Å². The fraction of sp³-hybridized carbons (Fsp3) is 0.538. The number of hydrogen-bond acceptors (Lipinski definition) is 5. The van der Waals surface area contributed by atoms with Crippen molar-refractivity contribution in [1.29, 1.82) is 0 Å². The molecule has 104 valence electrons. The summed E-state index contributed by atoms with van der Waals surface area (Å²) < 4.78 is 11.2. The molecule has 6 heteroatoms. The SMILES string of the molecule is COC1CCCC(Oc2cc(C(N)=NO)ccn2)C1. The molecule has 0 radical (unpaired) electrons. The molecule has 1 saturated carbocycles. The molecule has 1 fully saturated rings. The molecule has 3 N–H and O–H groups in total. The lowest BCUT2D eigenvalue weighted by atomic mass is 9.95. The van der Waals surface area contributed by atoms with Gasteiger partial charge in [0.05, 0.1) is 6.10 Å². The molecule has 6 nitrogen and oxygen atoms in total. The molecule has 1 aromatic heterocycles. The van der Waals surface area contributed by atoms with E-state index in [1.165, 1.54) is 0 Å². The minimum Gasteiger partial charge on any atom is -0.474 e. The molecule has 1 aliphatic carbocycles. The summed E-state index contributed by atoms with van der Waals surface area (Å²) in [5, 5.41) is 11.6. The van der Waals surface area contributed by atoms with Gasteiger partial charge in [0, 0.05) is 31.4 Å². The zero-order valence-electron chi connectivity index (χ0n) is 11.0. The van der Waals surface area contributed by atoms with Gasteiger partial charge >= 0.3 is 0 Å². The first-order chi connectivity index (χ1) is 9.22. The summed E-state index contributed by atoms with van der Waals surface area (Å²) in [4.78, 5) is 4.15. The molecule has 1 aromatic rings. The number of nitrogens with two attached hydrogens (primary N) is 1. The topological polar surface area (TPSA) is 90.0 Å². The van der Waals surface area contributed by atoms with Crippen LogP contribution in [0.1, 0.15) is 31.2 Å². The van der Waals surface area contributed by atoms with Crippen LogP contribution in [0.5, 0.6) is 5.88 Å². The van der Waals surface area contributed by atoms with Crippen LogP contribution in [-0.2, 0) is 4.74 Å². The van der Waals surface area contributed by atoms with Gasteiger partial charge in [0.15, 0.2) is 5.84 Å². The Kier molecular flexibility index (Phi) is 4.57. The monoisotopic (exact) mass is 265 g/mol. The highest BCUT2D eigenvalue weighted by molar-refractivity contribution is 5.97. The predicted octanol–water partition coefficient (Wildman–Crippen LogP) is 1.51. The fourth-order valence-electron chi connectivity index (χ4n) is 2.28. The second-order valence-electron chi connectivity index (χ2n) is 4.63. The number of amidine groups is 1. The highest BCUT2D eigenvalue weighted by Crippen LogP contribution is 2.24. The third-order valence-corrected chi connectivity index (χ3v) is 3.34. The first kappa shape index (κ1) is 13.6. The number of hydrogen-bond donors (Lipinski definition) is 2. The molecular weight excluding hydrogens is 246 g/mol. The van der Waals surface area contributed by atoms with Crippen LogP contribution in [0.2, 0.25) is 0 Å². The van der Waals surface area contributed by atoms with Crippen LogP contribution in [0, 0.1) is 0 Å². The van der Waals surface area contributed by atoms with Gasteiger partial charge in [-0.25, -0.2) is 4.98 Å². The lowest BCUT2D eigenvalue weighted by molar-refractivity contribution is 0.0195. The van der Waals surface area contributed by atoms with Gasteiger partial charge in [-0.2, -0.15) is 0 Å². The van der Waals surface area contributed by atoms with Crippen molar-refractivity contribution in [2.75, 3.05) is 7.11 Å². The van der Waals surface area contributed by atoms with Crippen molar-refractivity contribution in [2.45, 2.75) is 37.9 Å². The zero-order valence-corrected chi connectivity index (χ0v) is 11.0. The number of methoxy groups -OCH3 is 1. The van der Waals surface area contributed by atoms with Crippen molar-refractivity contribution >= 4 is 5.84 Å². The van der Waals surface area contributed by atoms with Crippen molar-refractivity contribution in [3.8, 4) is 5.88 Å². The van der Waals surface area contributed by atoms with Gasteiger partial charge in [-0.3, -0.25) is 0 Å². The van der Waals surface area contributed by atoms with Crippen LogP contribution in [-0.4, -0.2) is 35.3 Å². The number of oxime groups is 1. The number of ether oxygens (including phenoxy) is 2. The van der Waals surface area contributed by atoms with E-state index in [0.29, 0.717) is 11.4 Å². The average molecular weight is 265 g/mol. The highest BCUT2D eigenvalue weighted by Gasteiger charge is 2.23. The van der Waals surface area contributed by atoms with Crippen molar-refractivity contribution in [2.24, 2.45) is 10.9 Å². The molecular formula is C13H19N3O3. The van der Waals surface area contributed by atoms with Crippen molar-refractivity contribution in [1.82, 2.24) is 4.98 Å². The van der Waals surface area contributed by atoms with E-state index in [1.54, 1.807) is 25.4 Å². The van der Waals surface area contributed by atoms with Crippen LogP contribution in [0.3, 0.4) is 0 Å². The van der Waals surface area contributed by atoms with E-state index in [0.717, 1.165) is 25.7 Å². The fourth-order valence-corrected chi connectivity index (χ4v) is 2.28. The quantitative estimate of drug-likeness (QED) is 0.373. The molecule has 19 heavy (non-hydrogen) atoms. The third kappa shape index (κ3) is 3.57. The largest absolute Gasteiger partial charge is 0.474 e. The van der Waals surface area contributed by atoms with E-state index < -0.39 is 0 Å². The molecule has 0 spiro atoms. The maximum absolute atomic E-state index is 8.65. The van der Waals surface area contributed by atoms with Gasteiger partial charge in [0.1, 0.15) is 6.10 Å². The van der Waals surface area contributed by atoms with Crippen molar-refractivity contribution in [3.05, 3.63) is 23.9 Å². The Morgan fingerprint density at radius 3 is 3.00 bits per heavy atom. The van der Waals surface area contributed by atoms with E-state index in [9.17, 15) is 0 Å². The second kappa shape index (κ2) is 6.38. The smallest absolute Gasteiger partial charge is 0.214 e. The van der Waals surface area contributed by atoms with E-state index in [4.69, 9.17) is 20.4 Å². The van der Waals surface area contributed by atoms with E-state index in [-0.39, 0.29) is 18.0 Å². The normalized spacial score (nSPS) is 24.2. The van der Waals surface area contributed by atoms with Crippen LogP contribution < -0.4 is 10.5 Å². The Morgan fingerprint density at radius 1 is 1.47 bits per heavy atom. The molecule has 1 aliphatic rings. The summed E-state index contributed by atoms with van der Waals surface area (Å²) in [6, 6.07) is 3.34. The molecule has 2 rings (SSSR count). The number of pyridine rings is 1. The summed E-state index contributed by atoms with van der Waals surface area (Å²) in [5.74, 6) is 0.538. The van der Waals surface area contributed by atoms with Crippen LogP contribution >= 0.6 is 0 Å². The van der Waals surface area contributed by atoms with Crippen molar-refractivity contribution in [3.63, 3.8) is 0 Å². The van der Waals surface area contributed by atoms with E-state index in [1.807, 2.05) is 0 Å². The lowest BCUT2D eigenvalue weighted by Gasteiger charge is -2.28. The zero-order chi connectivity index (χ0) is 13.7. The van der Waals surface area contributed by atoms with Gasteiger partial charge in [-0.15, -0.1) is 0 Å². The van der Waals surface area contributed by atoms with Gasteiger partial charge in [0.2, 0.25) is 5.88 Å². The minimum absolute atomic E-state index is 0.0469. The Balaban J connectivity index is 2.02. The summed E-state index contributed by atoms with van der Waals surface area (Å²) in [6.45, 7) is 0. The maximum Gasteiger partial charge on any atom is 0.214 e. The second-order valence-corrected chi connectivity index (χ2v) is 4.63. The van der Waals surface area contributed by atoms with Crippen molar-refractivity contribution < 1.29 is 14.7 Å². The molecule has 1 heterocycles. The summed E-state index contributed by atoms with van der Waals surface area (Å²) in [5.41, 5.74) is 6.13. The number of nitrogens with zero attached hydrogens (tertiary/aromatic N) is 2. The molecule has 0 saturated heterocycles.